The molecule has 728 valence electrons. The second-order valence-electron chi connectivity index (χ2n) is 37.3. The lowest BCUT2D eigenvalue weighted by atomic mass is 9.74. The number of rotatable bonds is 21. The largest absolute Gasteiger partial charge is 0.395 e. The van der Waals surface area contributed by atoms with Gasteiger partial charge in [-0.25, -0.2) is 38.1 Å². The number of nitrogens with zero attached hydrogens (tertiary/aromatic N) is 10. The zero-order chi connectivity index (χ0) is 97.5. The topological polar surface area (TPSA) is 330 Å². The van der Waals surface area contributed by atoms with Crippen LogP contribution in [0.2, 0.25) is 0 Å². The summed E-state index contributed by atoms with van der Waals surface area (Å²) < 4.78 is 129. The fourth-order valence-corrected chi connectivity index (χ4v) is 28.9. The predicted octanol–water partition coefficient (Wildman–Crippen LogP) is 16.2. The normalized spacial score (nSPS) is 23.8. The molecule has 0 radical (unpaired) electrons. The first-order valence-electron chi connectivity index (χ1n) is 47.5. The highest BCUT2D eigenvalue weighted by Crippen LogP contribution is 2.49. The third-order valence-corrected chi connectivity index (χ3v) is 37.3. The average molecular weight is 2020 g/mol. The first-order valence-corrected chi connectivity index (χ1v) is 54.0. The minimum Gasteiger partial charge on any atom is -0.395 e. The van der Waals surface area contributed by atoms with Crippen molar-refractivity contribution in [3.8, 4) is 33.4 Å². The summed E-state index contributed by atoms with van der Waals surface area (Å²) in [5, 5.41) is 63.7. The molecule has 26 nitrogen and oxygen atoms in total. The van der Waals surface area contributed by atoms with Crippen molar-refractivity contribution in [2.24, 2.45) is 0 Å². The molecule has 0 amide bonds. The van der Waals surface area contributed by atoms with E-state index in [-0.39, 0.29) is 133 Å². The maximum absolute atomic E-state index is 14.4. The summed E-state index contributed by atoms with van der Waals surface area (Å²) in [5.74, 6) is -0.684. The Balaban J connectivity index is 0.000000133. The minimum absolute atomic E-state index is 0.00276. The molecule has 0 saturated carbocycles. The SMILES string of the molecule is Cc1cccc(-c2ccc([C@@H]3[C@@H](CO)N4CCCCN(S(=O)(=O)c5ccccc5C)C[C@@H]34)cc2)c1.Cc1cccc(-c2ccc([C@@H]3[C@@H](CO)N4CCCCN(S(=O)(=O)c5ccccc5F)C[C@@H]34)cc2)c1.Cc1cccc(-c2ccc([C@@H]3[C@@H](CO)N4CCCCN(S(=O)(=O)c5ccccc5[N+](=O)[O-])C[C@@H]34)cc2)c1.O=[N+]([O-])c1ccccc1S(=O)(=O)N1CCCCN2[C@H](CO)[C@@H](c3ccc(Br)cc3)[C@@H]2C1. The van der Waals surface area contributed by atoms with E-state index in [0.717, 1.165) is 118 Å². The van der Waals surface area contributed by atoms with Crippen molar-refractivity contribution in [3.05, 3.63) is 342 Å². The molecule has 8 aliphatic heterocycles. The molecule has 11 aromatic rings. The van der Waals surface area contributed by atoms with Crippen LogP contribution in [-0.4, -0.2) is 254 Å². The Kier molecular flexibility index (Phi) is 32.2. The number of aliphatic hydroxyl groups is 4. The van der Waals surface area contributed by atoms with E-state index in [1.54, 1.807) is 22.5 Å². The fourth-order valence-electron chi connectivity index (χ4n) is 22.1. The number of sulfonamides is 4. The van der Waals surface area contributed by atoms with Crippen molar-refractivity contribution in [3.63, 3.8) is 0 Å². The first-order chi connectivity index (χ1) is 66.4. The van der Waals surface area contributed by atoms with Gasteiger partial charge in [-0.05, 0) is 209 Å². The number of aryl methyl sites for hydroxylation is 4. The van der Waals surface area contributed by atoms with Gasteiger partial charge in [0.25, 0.3) is 11.4 Å². The molecule has 0 aromatic heterocycles. The van der Waals surface area contributed by atoms with Crippen LogP contribution >= 0.6 is 15.9 Å². The number of benzene rings is 11. The van der Waals surface area contributed by atoms with Crippen molar-refractivity contribution >= 4 is 67.4 Å². The zero-order valence-corrected chi connectivity index (χ0v) is 82.7. The number of fused-ring (bicyclic) bond motifs is 4. The highest BCUT2D eigenvalue weighted by atomic mass is 79.9. The molecule has 11 aromatic carbocycles. The zero-order valence-electron chi connectivity index (χ0n) is 77.9. The van der Waals surface area contributed by atoms with Crippen LogP contribution in [-0.2, 0) is 40.1 Å². The molecular formula is C106H120BrFN10O16S4. The van der Waals surface area contributed by atoms with Gasteiger partial charge in [0.1, 0.15) is 10.7 Å². The number of halogens is 2. The maximum atomic E-state index is 14.4. The van der Waals surface area contributed by atoms with Crippen LogP contribution < -0.4 is 0 Å². The Morgan fingerprint density at radius 1 is 0.312 bits per heavy atom. The molecule has 0 aliphatic carbocycles. The van der Waals surface area contributed by atoms with Gasteiger partial charge in [0.05, 0.1) is 41.2 Å². The number of aliphatic hydroxyl groups excluding tert-OH is 4. The quantitative estimate of drug-likeness (QED) is 0.0383. The second-order valence-corrected chi connectivity index (χ2v) is 45.8. The lowest BCUT2D eigenvalue weighted by Crippen LogP contribution is -2.67. The Morgan fingerprint density at radius 2 is 0.565 bits per heavy atom. The monoisotopic (exact) mass is 2010 g/mol. The molecule has 32 heteroatoms. The molecule has 0 spiro atoms. The average Bonchev–Trinajstić information content (AvgIpc) is 0.744. The number of hydrogen-bond donors (Lipinski definition) is 4. The third kappa shape index (κ3) is 21.3. The first kappa shape index (κ1) is 101. The van der Waals surface area contributed by atoms with Crippen LogP contribution in [0.1, 0.15) is 120 Å². The van der Waals surface area contributed by atoms with Gasteiger partial charge < -0.3 is 20.4 Å². The molecular weight excluding hydrogens is 1900 g/mol. The summed E-state index contributed by atoms with van der Waals surface area (Å²) in [6, 6.07) is 81.6. The van der Waals surface area contributed by atoms with Gasteiger partial charge >= 0.3 is 0 Å². The molecule has 12 atom stereocenters. The van der Waals surface area contributed by atoms with Crippen LogP contribution in [0.4, 0.5) is 15.8 Å². The van der Waals surface area contributed by atoms with Crippen LogP contribution in [0.25, 0.3) is 33.4 Å². The molecule has 8 heterocycles. The molecule has 8 aliphatic rings. The fraction of sp³-hybridized carbons (Fsp3) is 0.377. The Bertz CT molecular complexity index is 6420. The Morgan fingerprint density at radius 3 is 0.848 bits per heavy atom. The minimum atomic E-state index is -4.07. The van der Waals surface area contributed by atoms with Crippen molar-refractivity contribution in [2.75, 3.05) is 105 Å². The van der Waals surface area contributed by atoms with E-state index < -0.39 is 67.1 Å². The number of hydrogen-bond acceptors (Lipinski definition) is 20. The standard InChI is InChI=1S/C29H34N2O3S.C28H31FN2O3S.C28H31N3O5S.C21H24BrN3O5S/c1-21-8-7-10-25(18-21)23-12-14-24(15-13-23)29-26-19-30(16-5-6-17-31(26)27(29)20-32)35(33,34)28-11-4-3-9-22(28)2;1-20-7-6-8-23(17-20)21-11-13-22(14-12-21)28-25-18-30(15-4-5-16-31(25)26(28)19-32)35(33,34)27-10-3-2-9-24(27)29;1-20-7-6-8-23(17-20)21-11-13-22(14-12-21)28-25-18-29(15-4-5-16-30(25)26(28)19-32)37(35,36)27-10-3-2-9-24(27)31(33)34;22-16-9-7-15(8-10-16)21-18-13-23(11-3-4-12-24(18)19(21)14-26)31(29,30)20-6-2-1-5-17(20)25(27)28/h3-4,7-15,18,26-27,29,32H,5-6,16-17,19-20H2,1-2H3;2-3,6-14,17,25-26,28,32H,4-5,15-16,18-19H2,1H3;2-3,6-14,17,25-26,28,32H,4-5,15-16,18-19H2,1H3;1-2,5-10,18-19,21,26H,3-4,11-14H2/t26-,27+,29-;2*25-,26+,28-;18-,19+,21-/m0000/s1. The molecule has 8 saturated heterocycles. The molecule has 8 fully saturated rings. The van der Waals surface area contributed by atoms with Crippen molar-refractivity contribution in [1.29, 1.82) is 0 Å². The third-order valence-electron chi connectivity index (χ3n) is 29.1. The van der Waals surface area contributed by atoms with Gasteiger partial charge in [-0.3, -0.25) is 39.8 Å². The van der Waals surface area contributed by atoms with E-state index in [0.29, 0.717) is 56.9 Å². The van der Waals surface area contributed by atoms with Gasteiger partial charge in [-0.15, -0.1) is 0 Å². The number of nitro groups is 2. The van der Waals surface area contributed by atoms with Gasteiger partial charge in [0.2, 0.25) is 40.1 Å². The van der Waals surface area contributed by atoms with Crippen molar-refractivity contribution in [2.45, 2.75) is 171 Å². The highest BCUT2D eigenvalue weighted by molar-refractivity contribution is 9.10. The van der Waals surface area contributed by atoms with E-state index in [9.17, 15) is 78.7 Å². The van der Waals surface area contributed by atoms with Crippen molar-refractivity contribution in [1.82, 2.24) is 36.8 Å². The van der Waals surface area contributed by atoms with Crippen LogP contribution in [0.15, 0.2) is 291 Å². The summed E-state index contributed by atoms with van der Waals surface area (Å²) in [6.45, 7) is 14.1. The Hall–Kier alpha value is -10.1. The smallest absolute Gasteiger partial charge is 0.289 e. The Labute approximate surface area is 817 Å². The van der Waals surface area contributed by atoms with E-state index in [2.05, 4.69) is 190 Å². The molecule has 0 unspecified atom stereocenters. The summed E-state index contributed by atoms with van der Waals surface area (Å²) in [4.78, 5) is 30.2. The second kappa shape index (κ2) is 44.0. The summed E-state index contributed by atoms with van der Waals surface area (Å²) >= 11 is 3.44. The van der Waals surface area contributed by atoms with E-state index >= 15 is 0 Å². The summed E-state index contributed by atoms with van der Waals surface area (Å²) in [7, 11) is -15.7. The van der Waals surface area contributed by atoms with E-state index in [4.69, 9.17) is 0 Å². The van der Waals surface area contributed by atoms with Gasteiger partial charge in [-0.1, -0.05) is 245 Å². The maximum Gasteiger partial charge on any atom is 0.289 e. The number of para-hydroxylation sites is 2. The van der Waals surface area contributed by atoms with Gasteiger partial charge in [0.15, 0.2) is 9.79 Å². The molecule has 4 N–H and O–H groups in total. The van der Waals surface area contributed by atoms with Crippen LogP contribution in [0, 0.1) is 53.7 Å². The van der Waals surface area contributed by atoms with E-state index in [1.807, 2.05) is 55.5 Å². The van der Waals surface area contributed by atoms with Crippen LogP contribution in [0.3, 0.4) is 0 Å². The van der Waals surface area contributed by atoms with E-state index in [1.165, 1.54) is 102 Å². The summed E-state index contributed by atoms with van der Waals surface area (Å²) in [5.41, 5.74) is 14.8. The highest BCUT2D eigenvalue weighted by Gasteiger charge is 2.55. The number of nitro benzene ring substituents is 2. The lowest BCUT2D eigenvalue weighted by molar-refractivity contribution is -0.388. The summed E-state index contributed by atoms with van der Waals surface area (Å²) in [6.07, 6.45) is 6.16. The van der Waals surface area contributed by atoms with Gasteiger partial charge in [0, 0.05) is 141 Å². The van der Waals surface area contributed by atoms with Gasteiger partial charge in [-0.2, -0.15) is 17.2 Å². The van der Waals surface area contributed by atoms with Crippen LogP contribution in [0.5, 0.6) is 0 Å². The molecule has 138 heavy (non-hydrogen) atoms. The molecule has 0 bridgehead atoms. The lowest BCUT2D eigenvalue weighted by Gasteiger charge is -2.57. The predicted molar refractivity (Wildman–Crippen MR) is 536 cm³/mol. The molecule has 19 rings (SSSR count). The van der Waals surface area contributed by atoms with Crippen molar-refractivity contribution < 1.29 is 68.3 Å².